The van der Waals surface area contributed by atoms with Gasteiger partial charge in [-0.1, -0.05) is 0 Å². The van der Waals surface area contributed by atoms with Gasteiger partial charge in [-0.2, -0.15) is 0 Å². The van der Waals surface area contributed by atoms with Crippen molar-refractivity contribution in [1.82, 2.24) is 4.90 Å². The second-order valence-electron chi connectivity index (χ2n) is 2.98. The van der Waals surface area contributed by atoms with Crippen LogP contribution >= 0.6 is 0 Å². The van der Waals surface area contributed by atoms with E-state index in [1.807, 2.05) is 0 Å². The van der Waals surface area contributed by atoms with E-state index >= 15 is 0 Å². The van der Waals surface area contributed by atoms with Gasteiger partial charge in [0, 0.05) is 6.54 Å². The number of likely N-dealkylation sites (tertiary alicyclic amines) is 1. The van der Waals surface area contributed by atoms with E-state index in [4.69, 9.17) is 10.5 Å². The molecule has 13 heavy (non-hydrogen) atoms. The van der Waals surface area contributed by atoms with E-state index < -0.39 is 12.1 Å². The Morgan fingerprint density at radius 3 is 3.00 bits per heavy atom. The lowest BCUT2D eigenvalue weighted by atomic mass is 10.1. The number of nitrogens with zero attached hydrogens (tertiary/aromatic N) is 1. The molecule has 1 heterocycles. The standard InChI is InChI=1S/C8H14N2O3/c1-2-13-8(12)10-4-3-6(9)7(11)5-10/h6H,2-5,9H2,1H3. The fourth-order valence-corrected chi connectivity index (χ4v) is 1.21. The van der Waals surface area contributed by atoms with Crippen molar-refractivity contribution in [2.75, 3.05) is 19.7 Å². The summed E-state index contributed by atoms with van der Waals surface area (Å²) in [5, 5.41) is 0. The van der Waals surface area contributed by atoms with E-state index in [1.165, 1.54) is 4.90 Å². The highest BCUT2D eigenvalue weighted by molar-refractivity contribution is 5.89. The van der Waals surface area contributed by atoms with Gasteiger partial charge < -0.3 is 15.4 Å². The average Bonchev–Trinajstić information content (AvgIpc) is 2.10. The van der Waals surface area contributed by atoms with Crippen molar-refractivity contribution in [3.8, 4) is 0 Å². The molecule has 0 radical (unpaired) electrons. The van der Waals surface area contributed by atoms with Crippen LogP contribution in [0.25, 0.3) is 0 Å². The Kier molecular flexibility index (Phi) is 3.25. The molecular formula is C8H14N2O3. The van der Waals surface area contributed by atoms with Crippen LogP contribution in [-0.2, 0) is 9.53 Å². The van der Waals surface area contributed by atoms with Crippen molar-refractivity contribution < 1.29 is 14.3 Å². The molecule has 0 aliphatic carbocycles. The zero-order valence-electron chi connectivity index (χ0n) is 7.66. The average molecular weight is 186 g/mol. The van der Waals surface area contributed by atoms with Crippen molar-refractivity contribution in [2.45, 2.75) is 19.4 Å². The second kappa shape index (κ2) is 4.23. The van der Waals surface area contributed by atoms with Crippen LogP contribution in [0.15, 0.2) is 0 Å². The molecule has 0 aromatic heterocycles. The van der Waals surface area contributed by atoms with Gasteiger partial charge in [0.1, 0.15) is 0 Å². The minimum absolute atomic E-state index is 0.0833. The monoisotopic (exact) mass is 186 g/mol. The lowest BCUT2D eigenvalue weighted by Gasteiger charge is -2.27. The number of amides is 1. The molecule has 1 fully saturated rings. The number of Topliss-reactive ketones (excluding diaryl/α,β-unsaturated/α-hetero) is 1. The molecule has 1 atom stereocenters. The van der Waals surface area contributed by atoms with Gasteiger partial charge >= 0.3 is 6.09 Å². The Morgan fingerprint density at radius 1 is 1.77 bits per heavy atom. The maximum absolute atomic E-state index is 11.2. The van der Waals surface area contributed by atoms with Crippen LogP contribution in [-0.4, -0.2) is 42.5 Å². The molecule has 5 nitrogen and oxygen atoms in total. The van der Waals surface area contributed by atoms with E-state index in [1.54, 1.807) is 6.92 Å². The van der Waals surface area contributed by atoms with Gasteiger partial charge in [-0.05, 0) is 13.3 Å². The number of carbonyl (C=O) groups is 2. The largest absolute Gasteiger partial charge is 0.450 e. The molecule has 1 saturated heterocycles. The van der Waals surface area contributed by atoms with Gasteiger partial charge in [-0.3, -0.25) is 4.79 Å². The quantitative estimate of drug-likeness (QED) is 0.612. The Bertz CT molecular complexity index is 217. The SMILES string of the molecule is CCOC(=O)N1CCC(N)C(=O)C1. The van der Waals surface area contributed by atoms with Crippen molar-refractivity contribution in [2.24, 2.45) is 5.73 Å². The predicted molar refractivity (Wildman–Crippen MR) is 46.2 cm³/mol. The summed E-state index contributed by atoms with van der Waals surface area (Å²) in [6, 6.07) is -0.411. The summed E-state index contributed by atoms with van der Waals surface area (Å²) in [5.41, 5.74) is 5.49. The third-order valence-electron chi connectivity index (χ3n) is 2.00. The minimum Gasteiger partial charge on any atom is -0.450 e. The maximum Gasteiger partial charge on any atom is 0.410 e. The lowest BCUT2D eigenvalue weighted by molar-refractivity contribution is -0.123. The first-order valence-electron chi connectivity index (χ1n) is 4.35. The van der Waals surface area contributed by atoms with E-state index in [0.29, 0.717) is 19.6 Å². The summed E-state index contributed by atoms with van der Waals surface area (Å²) in [4.78, 5) is 23.7. The van der Waals surface area contributed by atoms with Crippen molar-refractivity contribution >= 4 is 11.9 Å². The third kappa shape index (κ3) is 2.42. The maximum atomic E-state index is 11.2. The molecule has 74 valence electrons. The Labute approximate surface area is 76.8 Å². The number of ketones is 1. The van der Waals surface area contributed by atoms with Crippen LogP contribution in [0.3, 0.4) is 0 Å². The Morgan fingerprint density at radius 2 is 2.46 bits per heavy atom. The van der Waals surface area contributed by atoms with E-state index in [-0.39, 0.29) is 12.3 Å². The number of nitrogens with two attached hydrogens (primary N) is 1. The number of hydrogen-bond donors (Lipinski definition) is 1. The second-order valence-corrected chi connectivity index (χ2v) is 2.98. The number of ether oxygens (including phenoxy) is 1. The van der Waals surface area contributed by atoms with Crippen LogP contribution in [0.2, 0.25) is 0 Å². The number of piperidine rings is 1. The van der Waals surface area contributed by atoms with Crippen molar-refractivity contribution in [3.05, 3.63) is 0 Å². The van der Waals surface area contributed by atoms with Crippen LogP contribution in [0.1, 0.15) is 13.3 Å². The lowest BCUT2D eigenvalue weighted by Crippen LogP contribution is -2.49. The molecule has 2 N–H and O–H groups in total. The van der Waals surface area contributed by atoms with Crippen LogP contribution in [0.4, 0.5) is 4.79 Å². The van der Waals surface area contributed by atoms with E-state index in [2.05, 4.69) is 0 Å². The highest BCUT2D eigenvalue weighted by atomic mass is 16.6. The fourth-order valence-electron chi connectivity index (χ4n) is 1.21. The zero-order valence-corrected chi connectivity index (χ0v) is 7.66. The summed E-state index contributed by atoms with van der Waals surface area (Å²) >= 11 is 0. The molecule has 0 aromatic rings. The van der Waals surface area contributed by atoms with Gasteiger partial charge in [0.05, 0.1) is 19.2 Å². The highest BCUT2D eigenvalue weighted by Crippen LogP contribution is 2.06. The molecule has 0 aromatic carbocycles. The predicted octanol–water partition coefficient (Wildman–Crippen LogP) is -0.255. The van der Waals surface area contributed by atoms with Crippen LogP contribution in [0.5, 0.6) is 0 Å². The van der Waals surface area contributed by atoms with Crippen LogP contribution < -0.4 is 5.73 Å². The van der Waals surface area contributed by atoms with Crippen molar-refractivity contribution in [3.63, 3.8) is 0 Å². The summed E-state index contributed by atoms with van der Waals surface area (Å²) in [6.07, 6.45) is 0.0974. The van der Waals surface area contributed by atoms with Gasteiger partial charge in [-0.15, -0.1) is 0 Å². The molecule has 5 heteroatoms. The molecule has 0 saturated carbocycles. The summed E-state index contributed by atoms with van der Waals surface area (Å²) in [6.45, 7) is 2.65. The third-order valence-corrected chi connectivity index (χ3v) is 2.00. The zero-order chi connectivity index (χ0) is 9.84. The first-order valence-corrected chi connectivity index (χ1v) is 4.35. The van der Waals surface area contributed by atoms with Crippen molar-refractivity contribution in [1.29, 1.82) is 0 Å². The fraction of sp³-hybridized carbons (Fsp3) is 0.750. The number of rotatable bonds is 1. The van der Waals surface area contributed by atoms with Gasteiger partial charge in [-0.25, -0.2) is 4.79 Å². The minimum atomic E-state index is -0.428. The molecule has 0 spiro atoms. The van der Waals surface area contributed by atoms with Crippen LogP contribution in [0, 0.1) is 0 Å². The van der Waals surface area contributed by atoms with Gasteiger partial charge in [0.2, 0.25) is 0 Å². The Hall–Kier alpha value is -1.10. The van der Waals surface area contributed by atoms with Gasteiger partial charge in [0.25, 0.3) is 0 Å². The molecule has 1 aliphatic heterocycles. The molecular weight excluding hydrogens is 172 g/mol. The van der Waals surface area contributed by atoms with Gasteiger partial charge in [0.15, 0.2) is 5.78 Å². The summed E-state index contributed by atoms with van der Waals surface area (Å²) in [7, 11) is 0. The number of hydrogen-bond acceptors (Lipinski definition) is 4. The normalized spacial score (nSPS) is 23.1. The molecule has 1 amide bonds. The first kappa shape index (κ1) is 9.98. The first-order chi connectivity index (χ1) is 6.15. The topological polar surface area (TPSA) is 72.6 Å². The molecule has 1 aliphatic rings. The smallest absolute Gasteiger partial charge is 0.410 e. The van der Waals surface area contributed by atoms with E-state index in [9.17, 15) is 9.59 Å². The molecule has 0 bridgehead atoms. The molecule has 1 unspecified atom stereocenters. The Balaban J connectivity index is 2.45. The van der Waals surface area contributed by atoms with E-state index in [0.717, 1.165) is 0 Å². The summed E-state index contributed by atoms with van der Waals surface area (Å²) in [5.74, 6) is -0.0979. The highest BCUT2D eigenvalue weighted by Gasteiger charge is 2.27. The number of carbonyl (C=O) groups excluding carboxylic acids is 2. The summed E-state index contributed by atoms with van der Waals surface area (Å²) < 4.78 is 4.76. The molecule has 1 rings (SSSR count).